The van der Waals surface area contributed by atoms with Gasteiger partial charge in [0.05, 0.1) is 18.2 Å². The molecule has 0 bridgehead atoms. The molecule has 0 aromatic carbocycles. The quantitative estimate of drug-likeness (QED) is 0.846. The van der Waals surface area contributed by atoms with E-state index >= 15 is 0 Å². The van der Waals surface area contributed by atoms with Crippen LogP contribution >= 0.6 is 11.3 Å². The zero-order valence-electron chi connectivity index (χ0n) is 13.4. The molecule has 7 heteroatoms. The van der Waals surface area contributed by atoms with Gasteiger partial charge < -0.3 is 4.74 Å². The Bertz CT molecular complexity index is 572. The number of aromatic nitrogens is 1. The SMILES string of the molecule is CN(C(=O)CN1CCC[C@@]2(CCCCO2)[C@@H]1C#N)c1nccs1. The van der Waals surface area contributed by atoms with Gasteiger partial charge in [-0.15, -0.1) is 11.3 Å². The summed E-state index contributed by atoms with van der Waals surface area (Å²) in [6, 6.07) is 2.07. The zero-order valence-corrected chi connectivity index (χ0v) is 14.2. The van der Waals surface area contributed by atoms with Crippen molar-refractivity contribution in [2.75, 3.05) is 31.6 Å². The average Bonchev–Trinajstić information content (AvgIpc) is 3.09. The number of nitrogens with zero attached hydrogens (tertiary/aromatic N) is 4. The second kappa shape index (κ2) is 6.95. The molecule has 0 aliphatic carbocycles. The Labute approximate surface area is 140 Å². The fourth-order valence-corrected chi connectivity index (χ4v) is 4.23. The molecule has 2 saturated heterocycles. The zero-order chi connectivity index (χ0) is 16.3. The van der Waals surface area contributed by atoms with Crippen molar-refractivity contribution in [2.45, 2.75) is 43.7 Å². The maximum absolute atomic E-state index is 12.5. The monoisotopic (exact) mass is 334 g/mol. The first kappa shape index (κ1) is 16.4. The smallest absolute Gasteiger partial charge is 0.242 e. The molecule has 6 nitrogen and oxygen atoms in total. The van der Waals surface area contributed by atoms with Gasteiger partial charge in [-0.05, 0) is 32.1 Å². The van der Waals surface area contributed by atoms with E-state index in [1.165, 1.54) is 11.3 Å². The number of hydrogen-bond donors (Lipinski definition) is 0. The van der Waals surface area contributed by atoms with Crippen LogP contribution in [-0.4, -0.2) is 54.2 Å². The summed E-state index contributed by atoms with van der Waals surface area (Å²) in [4.78, 5) is 20.3. The number of piperidine rings is 1. The van der Waals surface area contributed by atoms with E-state index in [0.29, 0.717) is 5.13 Å². The van der Waals surface area contributed by atoms with Crippen molar-refractivity contribution in [1.29, 1.82) is 5.26 Å². The molecule has 1 amide bonds. The average molecular weight is 334 g/mol. The number of amides is 1. The summed E-state index contributed by atoms with van der Waals surface area (Å²) in [5.74, 6) is -0.0342. The van der Waals surface area contributed by atoms with E-state index in [2.05, 4.69) is 11.1 Å². The van der Waals surface area contributed by atoms with Crippen molar-refractivity contribution in [1.82, 2.24) is 9.88 Å². The number of thiazole rings is 1. The molecule has 3 rings (SSSR count). The van der Waals surface area contributed by atoms with Gasteiger partial charge in [0.1, 0.15) is 6.04 Å². The van der Waals surface area contributed by atoms with E-state index in [1.807, 2.05) is 10.3 Å². The lowest BCUT2D eigenvalue weighted by Gasteiger charge is -2.48. The van der Waals surface area contributed by atoms with Crippen LogP contribution in [0.25, 0.3) is 0 Å². The summed E-state index contributed by atoms with van der Waals surface area (Å²) >= 11 is 1.44. The minimum Gasteiger partial charge on any atom is -0.372 e. The van der Waals surface area contributed by atoms with E-state index in [-0.39, 0.29) is 24.1 Å². The fourth-order valence-electron chi connectivity index (χ4n) is 3.60. The lowest BCUT2D eigenvalue weighted by molar-refractivity contribution is -0.142. The van der Waals surface area contributed by atoms with E-state index in [0.717, 1.165) is 45.3 Å². The van der Waals surface area contributed by atoms with Crippen molar-refractivity contribution in [3.63, 3.8) is 0 Å². The molecular formula is C16H22N4O2S. The summed E-state index contributed by atoms with van der Waals surface area (Å²) < 4.78 is 6.06. The van der Waals surface area contributed by atoms with Crippen molar-refractivity contribution < 1.29 is 9.53 Å². The van der Waals surface area contributed by atoms with Crippen LogP contribution in [0.15, 0.2) is 11.6 Å². The predicted octanol–water partition coefficient (Wildman–Crippen LogP) is 2.03. The Morgan fingerprint density at radius 3 is 3.04 bits per heavy atom. The number of likely N-dealkylation sites (tertiary alicyclic amines) is 1. The largest absolute Gasteiger partial charge is 0.372 e. The number of ether oxygens (including phenoxy) is 1. The summed E-state index contributed by atoms with van der Waals surface area (Å²) in [5.41, 5.74) is -0.384. The Morgan fingerprint density at radius 1 is 1.57 bits per heavy atom. The van der Waals surface area contributed by atoms with Crippen LogP contribution in [-0.2, 0) is 9.53 Å². The maximum Gasteiger partial charge on any atom is 0.242 e. The van der Waals surface area contributed by atoms with Gasteiger partial charge in [0, 0.05) is 31.8 Å². The number of nitriles is 1. The van der Waals surface area contributed by atoms with Gasteiger partial charge in [0.15, 0.2) is 5.13 Å². The van der Waals surface area contributed by atoms with Crippen LogP contribution < -0.4 is 4.90 Å². The van der Waals surface area contributed by atoms with Crippen LogP contribution in [0.5, 0.6) is 0 Å². The molecular weight excluding hydrogens is 312 g/mol. The van der Waals surface area contributed by atoms with Gasteiger partial charge in [-0.3, -0.25) is 14.6 Å². The molecule has 23 heavy (non-hydrogen) atoms. The number of anilines is 1. The minimum atomic E-state index is -0.384. The van der Waals surface area contributed by atoms with Crippen molar-refractivity contribution in [3.8, 4) is 6.07 Å². The van der Waals surface area contributed by atoms with Gasteiger partial charge >= 0.3 is 0 Å². The lowest BCUT2D eigenvalue weighted by atomic mass is 9.79. The van der Waals surface area contributed by atoms with Crippen molar-refractivity contribution in [2.24, 2.45) is 0 Å². The number of carbonyl (C=O) groups is 1. The van der Waals surface area contributed by atoms with Gasteiger partial charge in [0.2, 0.25) is 5.91 Å². The summed E-state index contributed by atoms with van der Waals surface area (Å²) in [6.45, 7) is 1.72. The Morgan fingerprint density at radius 2 is 2.39 bits per heavy atom. The molecule has 0 unspecified atom stereocenters. The molecule has 0 radical (unpaired) electrons. The maximum atomic E-state index is 12.5. The van der Waals surface area contributed by atoms with Crippen molar-refractivity contribution >= 4 is 22.4 Å². The third kappa shape index (κ3) is 3.25. The van der Waals surface area contributed by atoms with E-state index in [4.69, 9.17) is 4.74 Å². The molecule has 3 heterocycles. The Kier molecular flexibility index (Phi) is 4.95. The standard InChI is InChI=1S/C16H22N4O2S/c1-19(15-18-7-10-23-15)14(21)12-20-8-4-6-16(13(20)11-17)5-2-3-9-22-16/h7,10,13H,2-6,8-9,12H2,1H3/t13-,16-/m0/s1. The summed E-state index contributed by atoms with van der Waals surface area (Å²) in [6.07, 6.45) is 6.64. The highest BCUT2D eigenvalue weighted by molar-refractivity contribution is 7.13. The highest BCUT2D eigenvalue weighted by atomic mass is 32.1. The first-order valence-corrected chi connectivity index (χ1v) is 8.98. The number of rotatable bonds is 3. The van der Waals surface area contributed by atoms with Gasteiger partial charge in [-0.1, -0.05) is 0 Å². The molecule has 0 saturated carbocycles. The Hall–Kier alpha value is -1.49. The molecule has 124 valence electrons. The van der Waals surface area contributed by atoms with Crippen LogP contribution in [0.3, 0.4) is 0 Å². The number of carbonyl (C=O) groups excluding carboxylic acids is 1. The second-order valence-electron chi connectivity index (χ2n) is 6.24. The minimum absolute atomic E-state index is 0.0342. The third-order valence-electron chi connectivity index (χ3n) is 4.83. The normalized spacial score (nSPS) is 28.4. The topological polar surface area (TPSA) is 69.5 Å². The molecule has 0 N–H and O–H groups in total. The second-order valence-corrected chi connectivity index (χ2v) is 7.12. The van der Waals surface area contributed by atoms with Crippen LogP contribution in [0.1, 0.15) is 32.1 Å². The summed E-state index contributed by atoms with van der Waals surface area (Å²) in [5, 5.41) is 12.2. The first-order chi connectivity index (χ1) is 11.2. The fraction of sp³-hybridized carbons (Fsp3) is 0.688. The molecule has 2 atom stereocenters. The molecule has 1 spiro atoms. The molecule has 2 aliphatic heterocycles. The van der Waals surface area contributed by atoms with Crippen LogP contribution in [0.2, 0.25) is 0 Å². The number of hydrogen-bond acceptors (Lipinski definition) is 6. The van der Waals surface area contributed by atoms with E-state index in [9.17, 15) is 10.1 Å². The van der Waals surface area contributed by atoms with E-state index < -0.39 is 0 Å². The molecule has 1 aromatic heterocycles. The van der Waals surface area contributed by atoms with Gasteiger partial charge in [-0.25, -0.2) is 4.98 Å². The molecule has 1 aromatic rings. The highest BCUT2D eigenvalue weighted by Gasteiger charge is 2.47. The molecule has 2 fully saturated rings. The number of likely N-dealkylation sites (N-methyl/N-ethyl adjacent to an activating group) is 1. The highest BCUT2D eigenvalue weighted by Crippen LogP contribution is 2.38. The van der Waals surface area contributed by atoms with Crippen LogP contribution in [0, 0.1) is 11.3 Å². The lowest BCUT2D eigenvalue weighted by Crippen LogP contribution is -2.60. The van der Waals surface area contributed by atoms with Gasteiger partial charge in [-0.2, -0.15) is 5.26 Å². The first-order valence-electron chi connectivity index (χ1n) is 8.10. The summed E-state index contributed by atoms with van der Waals surface area (Å²) in [7, 11) is 1.74. The van der Waals surface area contributed by atoms with Crippen LogP contribution in [0.4, 0.5) is 5.13 Å². The third-order valence-corrected chi connectivity index (χ3v) is 5.68. The van der Waals surface area contributed by atoms with E-state index in [1.54, 1.807) is 18.1 Å². The Balaban J connectivity index is 1.71. The molecule has 2 aliphatic rings. The van der Waals surface area contributed by atoms with Crippen molar-refractivity contribution in [3.05, 3.63) is 11.6 Å². The van der Waals surface area contributed by atoms with Gasteiger partial charge in [0.25, 0.3) is 0 Å². The predicted molar refractivity (Wildman–Crippen MR) is 88.3 cm³/mol.